The molecule has 1 aliphatic rings. The minimum atomic E-state index is -0.166. The van der Waals surface area contributed by atoms with Gasteiger partial charge in [-0.1, -0.05) is 43.6 Å². The van der Waals surface area contributed by atoms with Crippen molar-refractivity contribution >= 4 is 23.3 Å². The largest absolute Gasteiger partial charge is 0.493 e. The zero-order valence-corrected chi connectivity index (χ0v) is 20.6. The molecule has 34 heavy (non-hydrogen) atoms. The van der Waals surface area contributed by atoms with E-state index >= 15 is 0 Å². The second-order valence-corrected chi connectivity index (χ2v) is 9.72. The van der Waals surface area contributed by atoms with Crippen LogP contribution in [0, 0.1) is 5.92 Å². The van der Waals surface area contributed by atoms with Crippen molar-refractivity contribution in [3.63, 3.8) is 0 Å². The Kier molecular flexibility index (Phi) is 8.20. The third-order valence-corrected chi connectivity index (χ3v) is 6.07. The topological polar surface area (TPSA) is 54.5 Å². The fourth-order valence-corrected chi connectivity index (χ4v) is 4.27. The molecule has 1 amide bonds. The highest BCUT2D eigenvalue weighted by Gasteiger charge is 2.13. The first-order valence-corrected chi connectivity index (χ1v) is 12.3. The van der Waals surface area contributed by atoms with Gasteiger partial charge in [-0.05, 0) is 79.9 Å². The number of nitrogens with zero attached hydrogens (tertiary/aromatic N) is 2. The number of nitrogens with one attached hydrogen (secondary N) is 1. The molecule has 6 heteroatoms. The van der Waals surface area contributed by atoms with Crippen LogP contribution in [0.25, 0.3) is 0 Å². The van der Waals surface area contributed by atoms with Crippen LogP contribution in [-0.4, -0.2) is 35.5 Å². The second kappa shape index (κ2) is 11.5. The number of rotatable bonds is 9. The molecule has 1 aliphatic heterocycles. The van der Waals surface area contributed by atoms with E-state index in [0.29, 0.717) is 35.3 Å². The Labute approximate surface area is 207 Å². The van der Waals surface area contributed by atoms with Crippen molar-refractivity contribution < 1.29 is 9.53 Å². The number of amides is 1. The van der Waals surface area contributed by atoms with Gasteiger partial charge in [0.25, 0.3) is 5.91 Å². The summed E-state index contributed by atoms with van der Waals surface area (Å²) in [6.07, 6.45) is 3.11. The fraction of sp³-hybridized carbons (Fsp3) is 0.357. The number of aromatic nitrogens is 1. The van der Waals surface area contributed by atoms with Crippen molar-refractivity contribution in [3.05, 3.63) is 88.1 Å². The second-order valence-electron chi connectivity index (χ2n) is 9.28. The van der Waals surface area contributed by atoms with Crippen molar-refractivity contribution in [1.82, 2.24) is 9.88 Å². The van der Waals surface area contributed by atoms with E-state index in [1.54, 1.807) is 6.07 Å². The summed E-state index contributed by atoms with van der Waals surface area (Å²) in [7, 11) is 0. The summed E-state index contributed by atoms with van der Waals surface area (Å²) in [5.41, 5.74) is 3.65. The van der Waals surface area contributed by atoms with Gasteiger partial charge in [0.15, 0.2) is 0 Å². The molecule has 1 fully saturated rings. The van der Waals surface area contributed by atoms with E-state index in [-0.39, 0.29) is 5.91 Å². The molecule has 0 spiro atoms. The van der Waals surface area contributed by atoms with E-state index in [4.69, 9.17) is 16.3 Å². The molecule has 0 atom stereocenters. The summed E-state index contributed by atoms with van der Waals surface area (Å²) in [6, 6.07) is 19.1. The fourth-order valence-electron chi connectivity index (χ4n) is 4.08. The highest BCUT2D eigenvalue weighted by atomic mass is 35.5. The van der Waals surface area contributed by atoms with Gasteiger partial charge < -0.3 is 10.1 Å². The van der Waals surface area contributed by atoms with Crippen LogP contribution in [0.5, 0.6) is 5.75 Å². The maximum absolute atomic E-state index is 12.8. The normalized spacial score (nSPS) is 13.9. The van der Waals surface area contributed by atoms with Crippen LogP contribution >= 0.6 is 11.6 Å². The number of benzene rings is 2. The van der Waals surface area contributed by atoms with Crippen LogP contribution in [0.15, 0.2) is 60.7 Å². The quantitative estimate of drug-likeness (QED) is 0.398. The van der Waals surface area contributed by atoms with Crippen LogP contribution in [0.2, 0.25) is 5.02 Å². The number of likely N-dealkylation sites (tertiary alicyclic amines) is 1. The Morgan fingerprint density at radius 1 is 1.09 bits per heavy atom. The number of carbonyl (C=O) groups excluding carboxylic acids is 1. The SMILES string of the molecule is CC(C)COc1ccc(Cl)cc1Cc1cccc(NC(=O)c2ccc(CN3CCCC3)cc2)n1. The predicted molar refractivity (Wildman–Crippen MR) is 138 cm³/mol. The Hall–Kier alpha value is -2.89. The van der Waals surface area contributed by atoms with Gasteiger partial charge in [0.05, 0.1) is 6.61 Å². The number of hydrogen-bond donors (Lipinski definition) is 1. The first-order chi connectivity index (χ1) is 16.5. The number of anilines is 1. The minimum absolute atomic E-state index is 0.166. The van der Waals surface area contributed by atoms with Crippen molar-refractivity contribution in [1.29, 1.82) is 0 Å². The first-order valence-electron chi connectivity index (χ1n) is 12.0. The van der Waals surface area contributed by atoms with Gasteiger partial charge in [-0.25, -0.2) is 4.98 Å². The first kappa shape index (κ1) is 24.2. The van der Waals surface area contributed by atoms with Crippen molar-refractivity contribution in [2.75, 3.05) is 25.0 Å². The summed E-state index contributed by atoms with van der Waals surface area (Å²) in [4.78, 5) is 19.9. The summed E-state index contributed by atoms with van der Waals surface area (Å²) in [5.74, 6) is 1.59. The zero-order chi connectivity index (χ0) is 23.9. The summed E-state index contributed by atoms with van der Waals surface area (Å²) in [6.45, 7) is 8.12. The smallest absolute Gasteiger partial charge is 0.256 e. The molecule has 1 aromatic heterocycles. The summed E-state index contributed by atoms with van der Waals surface area (Å²) >= 11 is 6.24. The van der Waals surface area contributed by atoms with Crippen LogP contribution in [-0.2, 0) is 13.0 Å². The monoisotopic (exact) mass is 477 g/mol. The predicted octanol–water partition coefficient (Wildman–Crippen LogP) is 6.21. The average molecular weight is 478 g/mol. The Balaban J connectivity index is 1.41. The van der Waals surface area contributed by atoms with Gasteiger partial charge in [-0.15, -0.1) is 0 Å². The Bertz CT molecular complexity index is 1110. The number of hydrogen-bond acceptors (Lipinski definition) is 4. The lowest BCUT2D eigenvalue weighted by Crippen LogP contribution is -2.18. The van der Waals surface area contributed by atoms with E-state index < -0.39 is 0 Å². The molecule has 0 bridgehead atoms. The zero-order valence-electron chi connectivity index (χ0n) is 19.9. The van der Waals surface area contributed by atoms with Crippen LogP contribution in [0.1, 0.15) is 53.9 Å². The molecule has 1 saturated heterocycles. The Morgan fingerprint density at radius 2 is 1.85 bits per heavy atom. The molecule has 3 aromatic rings. The van der Waals surface area contributed by atoms with E-state index in [1.807, 2.05) is 54.6 Å². The van der Waals surface area contributed by atoms with E-state index in [0.717, 1.165) is 36.6 Å². The van der Waals surface area contributed by atoms with Crippen LogP contribution in [0.4, 0.5) is 5.82 Å². The van der Waals surface area contributed by atoms with Crippen LogP contribution < -0.4 is 10.1 Å². The maximum Gasteiger partial charge on any atom is 0.256 e. The lowest BCUT2D eigenvalue weighted by atomic mass is 10.1. The van der Waals surface area contributed by atoms with Gasteiger partial charge in [0, 0.05) is 34.8 Å². The van der Waals surface area contributed by atoms with E-state index in [1.165, 1.54) is 18.4 Å². The molecule has 0 unspecified atom stereocenters. The lowest BCUT2D eigenvalue weighted by molar-refractivity contribution is 0.102. The molecule has 2 heterocycles. The molecule has 5 nitrogen and oxygen atoms in total. The molecule has 178 valence electrons. The Morgan fingerprint density at radius 3 is 2.59 bits per heavy atom. The van der Waals surface area contributed by atoms with E-state index in [2.05, 4.69) is 29.0 Å². The van der Waals surface area contributed by atoms with Crippen molar-refractivity contribution in [2.24, 2.45) is 5.92 Å². The van der Waals surface area contributed by atoms with Crippen molar-refractivity contribution in [2.45, 2.75) is 39.7 Å². The average Bonchev–Trinajstić information content (AvgIpc) is 3.32. The van der Waals surface area contributed by atoms with Gasteiger partial charge in [0.2, 0.25) is 0 Å². The van der Waals surface area contributed by atoms with Gasteiger partial charge in [-0.3, -0.25) is 9.69 Å². The molecular formula is C28H32ClN3O2. The summed E-state index contributed by atoms with van der Waals surface area (Å²) < 4.78 is 5.97. The third kappa shape index (κ3) is 6.81. The highest BCUT2D eigenvalue weighted by molar-refractivity contribution is 6.30. The number of ether oxygens (including phenoxy) is 1. The molecular weight excluding hydrogens is 446 g/mol. The summed E-state index contributed by atoms with van der Waals surface area (Å²) in [5, 5.41) is 3.58. The highest BCUT2D eigenvalue weighted by Crippen LogP contribution is 2.26. The van der Waals surface area contributed by atoms with Gasteiger partial charge in [-0.2, -0.15) is 0 Å². The number of halogens is 1. The van der Waals surface area contributed by atoms with E-state index in [9.17, 15) is 4.79 Å². The third-order valence-electron chi connectivity index (χ3n) is 5.84. The van der Waals surface area contributed by atoms with Crippen LogP contribution in [0.3, 0.4) is 0 Å². The van der Waals surface area contributed by atoms with Crippen molar-refractivity contribution in [3.8, 4) is 5.75 Å². The molecule has 1 N–H and O–H groups in total. The van der Waals surface area contributed by atoms with Gasteiger partial charge >= 0.3 is 0 Å². The molecule has 0 saturated carbocycles. The standard InChI is InChI=1S/C28H32ClN3O2/c1-20(2)19-34-26-13-12-24(29)16-23(26)17-25-6-5-7-27(30-25)31-28(33)22-10-8-21(9-11-22)18-32-14-3-4-15-32/h5-13,16,20H,3-4,14-15,17-19H2,1-2H3,(H,30,31,33). The molecule has 0 radical (unpaired) electrons. The minimum Gasteiger partial charge on any atom is -0.493 e. The lowest BCUT2D eigenvalue weighted by Gasteiger charge is -2.15. The molecule has 4 rings (SSSR count). The molecule has 2 aromatic carbocycles. The number of pyridine rings is 1. The maximum atomic E-state index is 12.8. The van der Waals surface area contributed by atoms with Gasteiger partial charge in [0.1, 0.15) is 11.6 Å². The molecule has 0 aliphatic carbocycles. The number of carbonyl (C=O) groups is 1.